The van der Waals surface area contributed by atoms with Crippen LogP contribution < -0.4 is 5.32 Å². The van der Waals surface area contributed by atoms with E-state index in [-0.39, 0.29) is 11.8 Å². The molecule has 3 N–H and O–H groups in total. The summed E-state index contributed by atoms with van der Waals surface area (Å²) in [5, 5.41) is 1.98. The van der Waals surface area contributed by atoms with E-state index >= 15 is 0 Å². The minimum absolute atomic E-state index is 0.0803. The average molecular weight is 381 g/mol. The monoisotopic (exact) mass is 381 g/mol. The molecule has 0 saturated heterocycles. The third kappa shape index (κ3) is 3.77. The Morgan fingerprint density at radius 3 is 2.43 bits per heavy atom. The minimum atomic E-state index is -0.445. The molecule has 1 aromatic carbocycles. The fourth-order valence-electron chi connectivity index (χ4n) is 3.51. The molecule has 0 spiro atoms. The quantitative estimate of drug-likeness (QED) is 0.486. The second-order valence-corrected chi connectivity index (χ2v) is 6.87. The highest BCUT2D eigenvalue weighted by molar-refractivity contribution is 6.03. The third-order valence-corrected chi connectivity index (χ3v) is 4.98. The van der Waals surface area contributed by atoms with Crippen LogP contribution in [0, 0.1) is 13.8 Å². The number of Topliss-reactive ketones (excluding diaryl/α,β-unsaturated/α-hetero) is 1. The van der Waals surface area contributed by atoms with Crippen LogP contribution in [0.5, 0.6) is 0 Å². The lowest BCUT2D eigenvalue weighted by Crippen LogP contribution is -2.92. The van der Waals surface area contributed by atoms with Crippen LogP contribution in [0.3, 0.4) is 0 Å². The lowest BCUT2D eigenvalue weighted by atomic mass is 10.0. The number of ketones is 1. The Morgan fingerprint density at radius 2 is 1.82 bits per heavy atom. The van der Waals surface area contributed by atoms with Gasteiger partial charge in [-0.05, 0) is 38.5 Å². The summed E-state index contributed by atoms with van der Waals surface area (Å²) >= 11 is 0. The van der Waals surface area contributed by atoms with Crippen molar-refractivity contribution in [2.45, 2.75) is 32.9 Å². The maximum absolute atomic E-state index is 13.1. The predicted octanol–water partition coefficient (Wildman–Crippen LogP) is 2.94. The van der Waals surface area contributed by atoms with Crippen LogP contribution >= 0.6 is 0 Å². The second kappa shape index (κ2) is 8.27. The first-order valence-electron chi connectivity index (χ1n) is 9.19. The third-order valence-electron chi connectivity index (χ3n) is 4.98. The summed E-state index contributed by atoms with van der Waals surface area (Å²) in [4.78, 5) is 28.2. The number of hydrogen-bond acceptors (Lipinski definition) is 4. The highest BCUT2D eigenvalue weighted by atomic mass is 16.5. The highest BCUT2D eigenvalue weighted by Gasteiger charge is 2.30. The normalized spacial score (nSPS) is 13.1. The first kappa shape index (κ1) is 19.6. The van der Waals surface area contributed by atoms with Crippen LogP contribution in [-0.4, -0.2) is 29.9 Å². The van der Waals surface area contributed by atoms with Gasteiger partial charge < -0.3 is 19.5 Å². The molecule has 0 saturated carbocycles. The van der Waals surface area contributed by atoms with E-state index in [1.165, 1.54) is 7.11 Å². The molecule has 6 heteroatoms. The van der Waals surface area contributed by atoms with Crippen LogP contribution in [0.25, 0.3) is 0 Å². The van der Waals surface area contributed by atoms with Gasteiger partial charge in [0.1, 0.15) is 6.04 Å². The number of nitrogens with two attached hydrogens (primary N) is 1. The first-order chi connectivity index (χ1) is 13.4. The Balaban J connectivity index is 1.88. The number of ether oxygens (including phenoxy) is 1. The van der Waals surface area contributed by atoms with E-state index in [4.69, 9.17) is 9.15 Å². The number of quaternary nitrogens is 1. The van der Waals surface area contributed by atoms with Crippen molar-refractivity contribution < 1.29 is 24.1 Å². The summed E-state index contributed by atoms with van der Waals surface area (Å²) in [5.74, 6) is 0.253. The molecule has 0 aliphatic heterocycles. The molecule has 0 bridgehead atoms. The molecular formula is C22H25N2O4+. The molecule has 3 rings (SSSR count). The van der Waals surface area contributed by atoms with Gasteiger partial charge in [0.2, 0.25) is 5.78 Å². The molecule has 0 amide bonds. The van der Waals surface area contributed by atoms with Crippen molar-refractivity contribution in [3.05, 3.63) is 82.6 Å². The van der Waals surface area contributed by atoms with Crippen molar-refractivity contribution in [1.29, 1.82) is 0 Å². The van der Waals surface area contributed by atoms with Crippen molar-refractivity contribution in [1.82, 2.24) is 4.98 Å². The number of aryl methyl sites for hydroxylation is 1. The average Bonchev–Trinajstić information content (AvgIpc) is 3.33. The number of esters is 1. The molecular weight excluding hydrogens is 356 g/mol. The lowest BCUT2D eigenvalue weighted by Gasteiger charge is -2.18. The van der Waals surface area contributed by atoms with Gasteiger partial charge >= 0.3 is 5.97 Å². The van der Waals surface area contributed by atoms with Gasteiger partial charge in [-0.25, -0.2) is 4.79 Å². The number of carbonyl (C=O) groups excluding carboxylic acids is 2. The van der Waals surface area contributed by atoms with Crippen molar-refractivity contribution in [2.75, 3.05) is 7.11 Å². The number of benzene rings is 1. The molecule has 0 unspecified atom stereocenters. The smallest absolute Gasteiger partial charge is 0.339 e. The topological polar surface area (TPSA) is 88.9 Å². The van der Waals surface area contributed by atoms with E-state index in [0.29, 0.717) is 22.5 Å². The number of carbonyl (C=O) groups is 2. The molecule has 2 heterocycles. The Hall–Kier alpha value is -3.12. The molecule has 2 atom stereocenters. The zero-order valence-corrected chi connectivity index (χ0v) is 16.5. The number of methoxy groups -OCH3 is 1. The van der Waals surface area contributed by atoms with Gasteiger partial charge in [-0.2, -0.15) is 0 Å². The number of aromatic nitrogens is 1. The molecule has 6 nitrogen and oxygen atoms in total. The summed E-state index contributed by atoms with van der Waals surface area (Å²) < 4.78 is 10.5. The lowest BCUT2D eigenvalue weighted by molar-refractivity contribution is -0.705. The first-order valence-corrected chi connectivity index (χ1v) is 9.19. The fourth-order valence-corrected chi connectivity index (χ4v) is 3.51. The summed E-state index contributed by atoms with van der Waals surface area (Å²) in [5.41, 5.74) is 3.15. The molecule has 0 aliphatic rings. The van der Waals surface area contributed by atoms with Crippen LogP contribution in [0.4, 0.5) is 0 Å². The van der Waals surface area contributed by atoms with Crippen LogP contribution in [0.15, 0.2) is 53.1 Å². The maximum atomic E-state index is 13.1. The van der Waals surface area contributed by atoms with E-state index < -0.39 is 12.0 Å². The van der Waals surface area contributed by atoms with Gasteiger partial charge in [0.05, 0.1) is 24.6 Å². The molecule has 28 heavy (non-hydrogen) atoms. The second-order valence-electron chi connectivity index (χ2n) is 6.87. The summed E-state index contributed by atoms with van der Waals surface area (Å²) in [7, 11) is 1.33. The zero-order chi connectivity index (χ0) is 20.3. The van der Waals surface area contributed by atoms with Crippen molar-refractivity contribution in [3.63, 3.8) is 0 Å². The van der Waals surface area contributed by atoms with Gasteiger partial charge in [0.15, 0.2) is 11.8 Å². The minimum Gasteiger partial charge on any atom is -0.465 e. The Bertz CT molecular complexity index is 958. The van der Waals surface area contributed by atoms with Gasteiger partial charge in [0, 0.05) is 11.3 Å². The molecule has 2 aromatic heterocycles. The van der Waals surface area contributed by atoms with Crippen LogP contribution in [-0.2, 0) is 4.74 Å². The molecule has 146 valence electrons. The standard InChI is InChI=1S/C22H24N2O4/c1-13-18(22(26)27-4)14(2)23-19(13)21(25)15(3)24-20(17-11-8-12-28-17)16-9-6-5-7-10-16/h5-12,15,20,23-24H,1-4H3/p+1/t15-,20+/m0/s1. The zero-order valence-electron chi connectivity index (χ0n) is 16.5. The predicted molar refractivity (Wildman–Crippen MR) is 104 cm³/mol. The number of rotatable bonds is 7. The van der Waals surface area contributed by atoms with E-state index in [0.717, 1.165) is 11.3 Å². The van der Waals surface area contributed by atoms with Crippen LogP contribution in [0.2, 0.25) is 0 Å². The molecule has 0 aliphatic carbocycles. The van der Waals surface area contributed by atoms with Gasteiger partial charge in [0.25, 0.3) is 0 Å². The maximum Gasteiger partial charge on any atom is 0.339 e. The number of aromatic amines is 1. The van der Waals surface area contributed by atoms with Gasteiger partial charge in [-0.3, -0.25) is 4.79 Å². The van der Waals surface area contributed by atoms with Crippen LogP contribution in [0.1, 0.15) is 56.4 Å². The van der Waals surface area contributed by atoms with Gasteiger partial charge in [-0.1, -0.05) is 30.3 Å². The number of H-pyrrole nitrogens is 1. The van der Waals surface area contributed by atoms with Crippen molar-refractivity contribution in [3.8, 4) is 0 Å². The fraction of sp³-hybridized carbons (Fsp3) is 0.273. The largest absolute Gasteiger partial charge is 0.465 e. The van der Waals surface area contributed by atoms with Crippen molar-refractivity contribution in [2.24, 2.45) is 0 Å². The molecule has 0 radical (unpaired) electrons. The van der Waals surface area contributed by atoms with Gasteiger partial charge in [-0.15, -0.1) is 0 Å². The van der Waals surface area contributed by atoms with E-state index in [2.05, 4.69) is 4.98 Å². The Morgan fingerprint density at radius 1 is 1.11 bits per heavy atom. The van der Waals surface area contributed by atoms with E-state index in [9.17, 15) is 9.59 Å². The number of hydrogen-bond donors (Lipinski definition) is 2. The number of furan rings is 1. The van der Waals surface area contributed by atoms with E-state index in [1.807, 2.05) is 54.7 Å². The van der Waals surface area contributed by atoms with E-state index in [1.54, 1.807) is 20.1 Å². The highest BCUT2D eigenvalue weighted by Crippen LogP contribution is 2.21. The molecule has 3 aromatic rings. The molecule has 0 fully saturated rings. The number of nitrogens with one attached hydrogen (secondary N) is 1. The van der Waals surface area contributed by atoms with Crippen molar-refractivity contribution >= 4 is 11.8 Å². The Labute approximate surface area is 163 Å². The summed E-state index contributed by atoms with van der Waals surface area (Å²) in [6, 6.07) is 13.1. The summed E-state index contributed by atoms with van der Waals surface area (Å²) in [6.07, 6.45) is 1.63. The SMILES string of the molecule is COC(=O)c1c(C)[nH]c(C(=O)[C@H](C)[NH2+][C@H](c2ccccc2)c2ccco2)c1C. The summed E-state index contributed by atoms with van der Waals surface area (Å²) in [6.45, 7) is 5.38. The Kier molecular flexibility index (Phi) is 5.80.